The smallest absolute Gasteiger partial charge is 0.298 e. The minimum absolute atomic E-state index is 0.120. The first-order valence-corrected chi connectivity index (χ1v) is 5.09. The van der Waals surface area contributed by atoms with E-state index in [1.54, 1.807) is 0 Å². The van der Waals surface area contributed by atoms with Gasteiger partial charge >= 0.3 is 12.4 Å². The third-order valence-corrected chi connectivity index (χ3v) is 3.01. The van der Waals surface area contributed by atoms with Gasteiger partial charge in [-0.15, -0.1) is 0 Å². The van der Waals surface area contributed by atoms with E-state index in [0.29, 0.717) is 12.1 Å². The van der Waals surface area contributed by atoms with E-state index in [-0.39, 0.29) is 6.29 Å². The van der Waals surface area contributed by atoms with Crippen LogP contribution in [0.4, 0.5) is 26.3 Å². The Morgan fingerprint density at radius 2 is 1.53 bits per heavy atom. The summed E-state index contributed by atoms with van der Waals surface area (Å²) in [5.74, 6) is 0. The quantitative estimate of drug-likeness (QED) is 0.414. The first-order chi connectivity index (χ1) is 7.59. The summed E-state index contributed by atoms with van der Waals surface area (Å²) in [5.41, 5.74) is -3.77. The third kappa shape index (κ3) is 2.90. The molecule has 1 aromatic rings. The van der Waals surface area contributed by atoms with Crippen molar-refractivity contribution in [1.82, 2.24) is 0 Å². The Kier molecular flexibility index (Phi) is 3.75. The van der Waals surface area contributed by atoms with Crippen LogP contribution in [0.3, 0.4) is 0 Å². The minimum Gasteiger partial charge on any atom is -0.298 e. The molecule has 0 aliphatic heterocycles. The van der Waals surface area contributed by atoms with Gasteiger partial charge in [0.25, 0.3) is 0 Å². The van der Waals surface area contributed by atoms with Gasteiger partial charge in [-0.1, -0.05) is 6.07 Å². The Balaban J connectivity index is 3.61. The van der Waals surface area contributed by atoms with Gasteiger partial charge in [0.1, 0.15) is 0 Å². The molecule has 0 saturated carbocycles. The first kappa shape index (κ1) is 14.3. The van der Waals surface area contributed by atoms with Crippen LogP contribution < -0.4 is 0 Å². The Morgan fingerprint density at radius 3 is 1.88 bits per heavy atom. The molecule has 0 aliphatic carbocycles. The van der Waals surface area contributed by atoms with E-state index in [9.17, 15) is 31.1 Å². The Morgan fingerprint density at radius 1 is 1.00 bits per heavy atom. The summed E-state index contributed by atoms with van der Waals surface area (Å²) < 4.78 is 73.8. The van der Waals surface area contributed by atoms with Crippen LogP contribution in [0.15, 0.2) is 12.1 Å². The summed E-state index contributed by atoms with van der Waals surface area (Å²) >= 11 is 0.942. The molecule has 0 radical (unpaired) electrons. The largest absolute Gasteiger partial charge is 0.418 e. The van der Waals surface area contributed by atoms with Crippen molar-refractivity contribution in [2.24, 2.45) is 0 Å². The van der Waals surface area contributed by atoms with E-state index in [4.69, 9.17) is 0 Å². The van der Waals surface area contributed by atoms with Gasteiger partial charge in [0.2, 0.25) is 0 Å². The number of hydrogen-bond donors (Lipinski definition) is 0. The number of benzene rings is 1. The normalized spacial score (nSPS) is 12.6. The predicted molar refractivity (Wildman–Crippen MR) is 54.6 cm³/mol. The molecule has 0 amide bonds. The number of aldehydes is 1. The highest BCUT2D eigenvalue weighted by Crippen LogP contribution is 2.41. The molecular weight excluding hydrogens is 365 g/mol. The lowest BCUT2D eigenvalue weighted by molar-refractivity contribution is -0.144. The fourth-order valence-corrected chi connectivity index (χ4v) is 2.30. The molecule has 0 bridgehead atoms. The molecule has 0 atom stereocenters. The van der Waals surface area contributed by atoms with E-state index in [2.05, 4.69) is 0 Å². The van der Waals surface area contributed by atoms with Crippen molar-refractivity contribution in [3.8, 4) is 0 Å². The molecule has 0 fully saturated rings. The predicted octanol–water partition coefficient (Wildman–Crippen LogP) is 4.14. The number of carbonyl (C=O) groups excluding carboxylic acids is 1. The number of carbonyl (C=O) groups is 1. The second-order valence-electron chi connectivity index (χ2n) is 3.00. The molecule has 1 nitrogen and oxygen atoms in total. The molecule has 1 aromatic carbocycles. The van der Waals surface area contributed by atoms with Crippen molar-refractivity contribution in [2.45, 2.75) is 12.4 Å². The second-order valence-corrected chi connectivity index (χ2v) is 4.08. The van der Waals surface area contributed by atoms with Crippen molar-refractivity contribution in [3.63, 3.8) is 0 Å². The van der Waals surface area contributed by atoms with Gasteiger partial charge in [0, 0.05) is 9.13 Å². The molecule has 0 spiro atoms. The zero-order valence-electron chi connectivity index (χ0n) is 7.79. The van der Waals surface area contributed by atoms with Crippen molar-refractivity contribution in [3.05, 3.63) is 32.4 Å². The molecule has 1 rings (SSSR count). The molecule has 8 heteroatoms. The molecule has 0 aromatic heterocycles. The lowest BCUT2D eigenvalue weighted by Gasteiger charge is -2.16. The average molecular weight is 368 g/mol. The highest BCUT2D eigenvalue weighted by atomic mass is 127. The second kappa shape index (κ2) is 4.46. The van der Waals surface area contributed by atoms with Crippen LogP contribution in [0, 0.1) is 3.57 Å². The van der Waals surface area contributed by atoms with E-state index < -0.39 is 32.6 Å². The molecule has 0 unspecified atom stereocenters. The molecule has 0 saturated heterocycles. The SMILES string of the molecule is O=Cc1ccc(C(F)(F)F)c(I)c1C(F)(F)F. The number of halogens is 7. The lowest BCUT2D eigenvalue weighted by atomic mass is 10.0. The van der Waals surface area contributed by atoms with Crippen molar-refractivity contribution >= 4 is 28.9 Å². The zero-order valence-corrected chi connectivity index (χ0v) is 9.94. The van der Waals surface area contributed by atoms with Crippen LogP contribution >= 0.6 is 22.6 Å². The summed E-state index contributed by atoms with van der Waals surface area (Å²) in [4.78, 5) is 10.4. The van der Waals surface area contributed by atoms with Crippen LogP contribution in [0.5, 0.6) is 0 Å². The van der Waals surface area contributed by atoms with Crippen LogP contribution in [-0.2, 0) is 12.4 Å². The van der Waals surface area contributed by atoms with E-state index in [1.807, 2.05) is 0 Å². The Bertz CT molecular complexity index is 448. The van der Waals surface area contributed by atoms with Gasteiger partial charge in [-0.05, 0) is 28.7 Å². The highest BCUT2D eigenvalue weighted by molar-refractivity contribution is 14.1. The summed E-state index contributed by atoms with van der Waals surface area (Å²) in [6.45, 7) is 0. The topological polar surface area (TPSA) is 17.1 Å². The van der Waals surface area contributed by atoms with Crippen LogP contribution in [0.1, 0.15) is 21.5 Å². The van der Waals surface area contributed by atoms with Crippen LogP contribution in [-0.4, -0.2) is 6.29 Å². The maximum atomic E-state index is 12.5. The molecule has 0 heterocycles. The van der Waals surface area contributed by atoms with Gasteiger partial charge in [-0.25, -0.2) is 0 Å². The first-order valence-electron chi connectivity index (χ1n) is 4.01. The molecular formula is C9H3F6IO. The number of hydrogen-bond acceptors (Lipinski definition) is 1. The van der Waals surface area contributed by atoms with Crippen LogP contribution in [0.25, 0.3) is 0 Å². The van der Waals surface area contributed by atoms with Crippen molar-refractivity contribution < 1.29 is 31.1 Å². The van der Waals surface area contributed by atoms with E-state index >= 15 is 0 Å². The average Bonchev–Trinajstić information content (AvgIpc) is 2.12. The fourth-order valence-electron chi connectivity index (χ4n) is 1.20. The van der Waals surface area contributed by atoms with Gasteiger partial charge in [0.05, 0.1) is 11.1 Å². The monoisotopic (exact) mass is 368 g/mol. The maximum Gasteiger partial charge on any atom is 0.418 e. The zero-order chi connectivity index (χ0) is 13.4. The van der Waals surface area contributed by atoms with Gasteiger partial charge in [-0.3, -0.25) is 4.79 Å². The summed E-state index contributed by atoms with van der Waals surface area (Å²) in [6.07, 6.45) is -10.0. The van der Waals surface area contributed by atoms with E-state index in [0.717, 1.165) is 22.6 Å². The Labute approximate surface area is 105 Å². The van der Waals surface area contributed by atoms with Gasteiger partial charge < -0.3 is 0 Å². The maximum absolute atomic E-state index is 12.5. The molecule has 0 N–H and O–H groups in total. The standard InChI is InChI=1S/C9H3F6IO/c10-8(11,12)5-2-1-4(3-17)6(7(5)16)9(13,14)15/h1-3H. The molecule has 17 heavy (non-hydrogen) atoms. The Hall–Kier alpha value is -0.800. The van der Waals surface area contributed by atoms with Crippen molar-refractivity contribution in [2.75, 3.05) is 0 Å². The summed E-state index contributed by atoms with van der Waals surface area (Å²) in [5, 5.41) is 0. The lowest BCUT2D eigenvalue weighted by Crippen LogP contribution is -2.17. The van der Waals surface area contributed by atoms with Gasteiger partial charge in [0.15, 0.2) is 6.29 Å². The number of rotatable bonds is 1. The van der Waals surface area contributed by atoms with Crippen molar-refractivity contribution in [1.29, 1.82) is 0 Å². The number of alkyl halides is 6. The summed E-state index contributed by atoms with van der Waals surface area (Å²) in [6, 6.07) is 0.974. The minimum atomic E-state index is -5.01. The fraction of sp³-hybridized carbons (Fsp3) is 0.222. The highest BCUT2D eigenvalue weighted by Gasteiger charge is 2.41. The summed E-state index contributed by atoms with van der Waals surface area (Å²) in [7, 11) is 0. The van der Waals surface area contributed by atoms with E-state index in [1.165, 1.54) is 0 Å². The third-order valence-electron chi connectivity index (χ3n) is 1.89. The molecule has 0 aliphatic rings. The molecule has 94 valence electrons. The van der Waals surface area contributed by atoms with Gasteiger partial charge in [-0.2, -0.15) is 26.3 Å². The van der Waals surface area contributed by atoms with Crippen LogP contribution in [0.2, 0.25) is 0 Å².